The molecule has 28 heavy (non-hydrogen) atoms. The van der Waals surface area contributed by atoms with E-state index in [0.29, 0.717) is 5.56 Å². The molecule has 0 atom stereocenters. The fourth-order valence-electron chi connectivity index (χ4n) is 3.16. The van der Waals surface area contributed by atoms with Gasteiger partial charge < -0.3 is 16.0 Å². The number of rotatable bonds is 7. The minimum atomic E-state index is -0.164. The Morgan fingerprint density at radius 3 is 2.75 bits per heavy atom. The molecule has 0 saturated heterocycles. The summed E-state index contributed by atoms with van der Waals surface area (Å²) in [5.41, 5.74) is 3.21. The smallest absolute Gasteiger partial charge is 0.251 e. The summed E-state index contributed by atoms with van der Waals surface area (Å²) in [6.45, 7) is 2.23. The van der Waals surface area contributed by atoms with Crippen LogP contribution in [0.25, 0.3) is 10.8 Å². The van der Waals surface area contributed by atoms with Crippen LogP contribution in [0.3, 0.4) is 0 Å². The molecule has 0 aliphatic heterocycles. The standard InChI is InChI=1S/C22H24N4O2/c1-3-5-19-18-10-11-24-13-16(18)8-9-20(19)26-21(27)14-25-17-7-4-6-15(12-17)22(28)23-2/h4,6-13,25H,3,5,14H2,1-2H3,(H,23,28)(H,26,27). The first-order chi connectivity index (χ1) is 13.6. The van der Waals surface area contributed by atoms with Gasteiger partial charge in [-0.15, -0.1) is 0 Å². The topological polar surface area (TPSA) is 83.1 Å². The van der Waals surface area contributed by atoms with Crippen LogP contribution in [0.1, 0.15) is 29.3 Å². The maximum Gasteiger partial charge on any atom is 0.251 e. The van der Waals surface area contributed by atoms with Gasteiger partial charge in [-0.1, -0.05) is 25.5 Å². The van der Waals surface area contributed by atoms with Gasteiger partial charge in [-0.3, -0.25) is 14.6 Å². The summed E-state index contributed by atoms with van der Waals surface area (Å²) >= 11 is 0. The molecule has 1 heterocycles. The van der Waals surface area contributed by atoms with Crippen molar-refractivity contribution in [1.29, 1.82) is 0 Å². The van der Waals surface area contributed by atoms with Crippen LogP contribution in [0.4, 0.5) is 11.4 Å². The second kappa shape index (κ2) is 8.99. The Balaban J connectivity index is 1.71. The van der Waals surface area contributed by atoms with E-state index in [9.17, 15) is 9.59 Å². The average Bonchev–Trinajstić information content (AvgIpc) is 2.73. The number of pyridine rings is 1. The number of aromatic nitrogens is 1. The number of hydrogen-bond acceptors (Lipinski definition) is 4. The van der Waals surface area contributed by atoms with Crippen LogP contribution in [0, 0.1) is 0 Å². The molecular weight excluding hydrogens is 352 g/mol. The van der Waals surface area contributed by atoms with Crippen LogP contribution in [-0.4, -0.2) is 30.4 Å². The van der Waals surface area contributed by atoms with Crippen molar-refractivity contribution in [1.82, 2.24) is 10.3 Å². The van der Waals surface area contributed by atoms with E-state index in [1.807, 2.05) is 30.5 Å². The first-order valence-electron chi connectivity index (χ1n) is 9.34. The molecule has 0 aliphatic carbocycles. The summed E-state index contributed by atoms with van der Waals surface area (Å²) in [6, 6.07) is 12.9. The van der Waals surface area contributed by atoms with Crippen molar-refractivity contribution in [2.75, 3.05) is 24.2 Å². The molecule has 3 aromatic rings. The van der Waals surface area contributed by atoms with Crippen LogP contribution in [0.2, 0.25) is 0 Å². The van der Waals surface area contributed by atoms with Crippen LogP contribution in [-0.2, 0) is 11.2 Å². The third-order valence-corrected chi connectivity index (χ3v) is 4.51. The van der Waals surface area contributed by atoms with Gasteiger partial charge in [0.25, 0.3) is 5.91 Å². The van der Waals surface area contributed by atoms with Gasteiger partial charge in [-0.05, 0) is 47.7 Å². The van der Waals surface area contributed by atoms with Crippen LogP contribution in [0.15, 0.2) is 54.9 Å². The van der Waals surface area contributed by atoms with Gasteiger partial charge in [-0.25, -0.2) is 0 Å². The Morgan fingerprint density at radius 1 is 1.11 bits per heavy atom. The Hall–Kier alpha value is -3.41. The zero-order chi connectivity index (χ0) is 19.9. The maximum atomic E-state index is 12.5. The van der Waals surface area contributed by atoms with Gasteiger partial charge in [0.05, 0.1) is 6.54 Å². The van der Waals surface area contributed by atoms with Crippen molar-refractivity contribution >= 4 is 34.0 Å². The monoisotopic (exact) mass is 376 g/mol. The lowest BCUT2D eigenvalue weighted by atomic mass is 10.0. The van der Waals surface area contributed by atoms with Crippen molar-refractivity contribution in [3.63, 3.8) is 0 Å². The predicted octanol–water partition coefficient (Wildman–Crippen LogP) is 3.60. The number of nitrogens with one attached hydrogen (secondary N) is 3. The molecule has 0 saturated carbocycles. The summed E-state index contributed by atoms with van der Waals surface area (Å²) < 4.78 is 0. The summed E-state index contributed by atoms with van der Waals surface area (Å²) in [7, 11) is 1.59. The zero-order valence-electron chi connectivity index (χ0n) is 16.1. The molecule has 144 valence electrons. The second-order valence-electron chi connectivity index (χ2n) is 6.50. The lowest BCUT2D eigenvalue weighted by molar-refractivity contribution is -0.114. The third kappa shape index (κ3) is 4.46. The van der Waals surface area contributed by atoms with Gasteiger partial charge >= 0.3 is 0 Å². The number of aryl methyl sites for hydroxylation is 1. The van der Waals surface area contributed by atoms with Gasteiger partial charge in [0.15, 0.2) is 0 Å². The molecular formula is C22H24N4O2. The maximum absolute atomic E-state index is 12.5. The van der Waals surface area contributed by atoms with E-state index in [0.717, 1.165) is 40.6 Å². The van der Waals surface area contributed by atoms with Crippen LogP contribution < -0.4 is 16.0 Å². The second-order valence-corrected chi connectivity index (χ2v) is 6.50. The molecule has 0 radical (unpaired) electrons. The van der Waals surface area contributed by atoms with Crippen molar-refractivity contribution in [2.45, 2.75) is 19.8 Å². The van der Waals surface area contributed by atoms with Crippen molar-refractivity contribution in [3.8, 4) is 0 Å². The number of amides is 2. The third-order valence-electron chi connectivity index (χ3n) is 4.51. The zero-order valence-corrected chi connectivity index (χ0v) is 16.1. The summed E-state index contributed by atoms with van der Waals surface area (Å²) in [5, 5.41) is 10.8. The van der Waals surface area contributed by atoms with Gasteiger partial charge in [0.1, 0.15) is 0 Å². The number of carbonyl (C=O) groups excluding carboxylic acids is 2. The molecule has 2 amide bonds. The number of carbonyl (C=O) groups is 2. The first-order valence-corrected chi connectivity index (χ1v) is 9.34. The molecule has 3 rings (SSSR count). The Bertz CT molecular complexity index is 1000. The molecule has 0 unspecified atom stereocenters. The van der Waals surface area contributed by atoms with Crippen molar-refractivity contribution in [3.05, 3.63) is 66.0 Å². The number of fused-ring (bicyclic) bond motifs is 1. The summed E-state index contributed by atoms with van der Waals surface area (Å²) in [4.78, 5) is 28.4. The molecule has 1 aromatic heterocycles. The molecule has 2 aromatic carbocycles. The lowest BCUT2D eigenvalue weighted by Crippen LogP contribution is -2.23. The van der Waals surface area contributed by atoms with Crippen LogP contribution in [0.5, 0.6) is 0 Å². The lowest BCUT2D eigenvalue weighted by Gasteiger charge is -2.14. The summed E-state index contributed by atoms with van der Waals surface area (Å²) in [6.07, 6.45) is 5.46. The van der Waals surface area contributed by atoms with E-state index in [1.165, 1.54) is 0 Å². The average molecular weight is 376 g/mol. The van der Waals surface area contributed by atoms with E-state index >= 15 is 0 Å². The van der Waals surface area contributed by atoms with Gasteiger partial charge in [0.2, 0.25) is 5.91 Å². The highest BCUT2D eigenvalue weighted by atomic mass is 16.2. The van der Waals surface area contributed by atoms with Gasteiger partial charge in [0, 0.05) is 41.8 Å². The quantitative estimate of drug-likeness (QED) is 0.588. The van der Waals surface area contributed by atoms with Crippen LogP contribution >= 0.6 is 0 Å². The molecule has 0 fully saturated rings. The fraction of sp³-hybridized carbons (Fsp3) is 0.227. The Morgan fingerprint density at radius 2 is 1.96 bits per heavy atom. The van der Waals surface area contributed by atoms with Gasteiger partial charge in [-0.2, -0.15) is 0 Å². The number of anilines is 2. The van der Waals surface area contributed by atoms with E-state index < -0.39 is 0 Å². The predicted molar refractivity (Wildman–Crippen MR) is 113 cm³/mol. The largest absolute Gasteiger partial charge is 0.376 e. The highest BCUT2D eigenvalue weighted by molar-refractivity contribution is 5.99. The van der Waals surface area contributed by atoms with E-state index in [2.05, 4.69) is 27.9 Å². The molecule has 0 spiro atoms. The highest BCUT2D eigenvalue weighted by Gasteiger charge is 2.11. The molecule has 0 aliphatic rings. The summed E-state index contributed by atoms with van der Waals surface area (Å²) in [5.74, 6) is -0.306. The fourth-order valence-corrected chi connectivity index (χ4v) is 3.16. The molecule has 6 nitrogen and oxygen atoms in total. The number of benzene rings is 2. The molecule has 6 heteroatoms. The normalized spacial score (nSPS) is 10.5. The number of hydrogen-bond donors (Lipinski definition) is 3. The van der Waals surface area contributed by atoms with Crippen molar-refractivity contribution < 1.29 is 9.59 Å². The van der Waals surface area contributed by atoms with E-state index in [4.69, 9.17) is 0 Å². The van der Waals surface area contributed by atoms with Crippen molar-refractivity contribution in [2.24, 2.45) is 0 Å². The van der Waals surface area contributed by atoms with E-state index in [1.54, 1.807) is 31.4 Å². The Kier molecular flexibility index (Phi) is 6.22. The first kappa shape index (κ1) is 19.4. The Labute approximate surface area is 164 Å². The SMILES string of the molecule is CCCc1c(NC(=O)CNc2cccc(C(=O)NC)c2)ccc2cnccc12. The minimum Gasteiger partial charge on any atom is -0.376 e. The molecule has 3 N–H and O–H groups in total. The minimum absolute atomic E-state index is 0.108. The number of nitrogens with zero attached hydrogens (tertiary/aromatic N) is 1. The van der Waals surface area contributed by atoms with E-state index in [-0.39, 0.29) is 18.4 Å². The highest BCUT2D eigenvalue weighted by Crippen LogP contribution is 2.27. The molecule has 0 bridgehead atoms.